The number of guanidine groups is 1. The largest absolute Gasteiger partial charge is 0.497 e. The number of aliphatic imine (C=N–C) groups is 1. The van der Waals surface area contributed by atoms with Gasteiger partial charge in [-0.1, -0.05) is 18.2 Å². The summed E-state index contributed by atoms with van der Waals surface area (Å²) in [5.41, 5.74) is 1.22. The van der Waals surface area contributed by atoms with E-state index in [1.807, 2.05) is 24.3 Å². The van der Waals surface area contributed by atoms with Gasteiger partial charge < -0.3 is 20.3 Å². The molecule has 7 heteroatoms. The Balaban J connectivity index is 1.92. The molecule has 0 aliphatic heterocycles. The van der Waals surface area contributed by atoms with Crippen LogP contribution in [-0.2, 0) is 6.42 Å². The number of rotatable bonds is 8. The second-order valence-electron chi connectivity index (χ2n) is 6.59. The smallest absolute Gasteiger partial charge is 0.191 e. The van der Waals surface area contributed by atoms with Crippen LogP contribution in [0.5, 0.6) is 5.75 Å². The van der Waals surface area contributed by atoms with E-state index in [4.69, 9.17) is 4.74 Å². The van der Waals surface area contributed by atoms with Crippen molar-refractivity contribution in [1.82, 2.24) is 15.5 Å². The van der Waals surface area contributed by atoms with Crippen LogP contribution in [0.1, 0.15) is 17.2 Å². The zero-order valence-electron chi connectivity index (χ0n) is 16.8. The topological polar surface area (TPSA) is 48.9 Å². The van der Waals surface area contributed by atoms with Crippen LogP contribution in [0.2, 0.25) is 0 Å². The first-order chi connectivity index (χ1) is 13.5. The third-order valence-corrected chi connectivity index (χ3v) is 4.51. The summed E-state index contributed by atoms with van der Waals surface area (Å²) in [5, 5.41) is 6.38. The molecule has 0 saturated carbocycles. The molecule has 0 saturated heterocycles. The number of hydrogen-bond acceptors (Lipinski definition) is 3. The fourth-order valence-electron chi connectivity index (χ4n) is 2.90. The molecule has 0 aliphatic rings. The minimum absolute atomic E-state index is 0.0497. The lowest BCUT2D eigenvalue weighted by Gasteiger charge is -2.26. The molecule has 0 amide bonds. The quantitative estimate of drug-likeness (QED) is 0.538. The van der Waals surface area contributed by atoms with Crippen molar-refractivity contribution in [1.29, 1.82) is 0 Å². The first-order valence-electron chi connectivity index (χ1n) is 9.14. The molecule has 0 fully saturated rings. The maximum atomic E-state index is 14.2. The average molecular weight is 390 g/mol. The highest BCUT2D eigenvalue weighted by atomic mass is 19.1. The molecule has 5 nitrogen and oxygen atoms in total. The van der Waals surface area contributed by atoms with Gasteiger partial charge in [0.25, 0.3) is 0 Å². The summed E-state index contributed by atoms with van der Waals surface area (Å²) in [5.74, 6) is 0.298. The number of hydrogen-bond donors (Lipinski definition) is 2. The van der Waals surface area contributed by atoms with E-state index in [2.05, 4.69) is 15.6 Å². The van der Waals surface area contributed by atoms with Crippen LogP contribution >= 0.6 is 0 Å². The fraction of sp³-hybridized carbons (Fsp3) is 0.381. The molecule has 0 aromatic heterocycles. The highest BCUT2D eigenvalue weighted by molar-refractivity contribution is 5.79. The van der Waals surface area contributed by atoms with Crippen LogP contribution in [0.25, 0.3) is 0 Å². The van der Waals surface area contributed by atoms with Crippen LogP contribution in [-0.4, -0.2) is 52.2 Å². The summed E-state index contributed by atoms with van der Waals surface area (Å²) in [6, 6.07) is 11.3. The minimum atomic E-state index is -0.553. The van der Waals surface area contributed by atoms with E-state index in [0.717, 1.165) is 12.2 Å². The average Bonchev–Trinajstić information content (AvgIpc) is 2.68. The van der Waals surface area contributed by atoms with Gasteiger partial charge in [0.15, 0.2) is 5.96 Å². The number of ether oxygens (including phenoxy) is 1. The van der Waals surface area contributed by atoms with Gasteiger partial charge in [-0.25, -0.2) is 8.78 Å². The van der Waals surface area contributed by atoms with Crippen molar-refractivity contribution in [2.24, 2.45) is 4.99 Å². The zero-order chi connectivity index (χ0) is 20.5. The third-order valence-electron chi connectivity index (χ3n) is 4.51. The van der Waals surface area contributed by atoms with E-state index in [-0.39, 0.29) is 5.56 Å². The Morgan fingerprint density at radius 2 is 1.71 bits per heavy atom. The van der Waals surface area contributed by atoms with E-state index in [0.29, 0.717) is 19.0 Å². The molecule has 2 aromatic carbocycles. The molecule has 1 unspecified atom stereocenters. The Bertz CT molecular complexity index is 758. The Morgan fingerprint density at radius 3 is 2.25 bits per heavy atom. The first kappa shape index (κ1) is 21.6. The fourth-order valence-corrected chi connectivity index (χ4v) is 2.90. The molecule has 0 aliphatic carbocycles. The molecule has 0 heterocycles. The Hall–Kier alpha value is -2.67. The van der Waals surface area contributed by atoms with Crippen molar-refractivity contribution in [3.63, 3.8) is 0 Å². The molecule has 2 rings (SSSR count). The number of nitrogens with zero attached hydrogens (tertiary/aromatic N) is 2. The van der Waals surface area contributed by atoms with Crippen LogP contribution < -0.4 is 15.4 Å². The summed E-state index contributed by atoms with van der Waals surface area (Å²) >= 11 is 0. The predicted molar refractivity (Wildman–Crippen MR) is 109 cm³/mol. The maximum Gasteiger partial charge on any atom is 0.191 e. The van der Waals surface area contributed by atoms with Crippen molar-refractivity contribution < 1.29 is 13.5 Å². The number of nitrogens with one attached hydrogen (secondary N) is 2. The zero-order valence-corrected chi connectivity index (χ0v) is 16.8. The Labute approximate surface area is 165 Å². The summed E-state index contributed by atoms with van der Waals surface area (Å²) in [6.45, 7) is 0.986. The molecule has 1 atom stereocenters. The number of likely N-dealkylation sites (N-methyl/N-ethyl adjacent to an activating group) is 1. The van der Waals surface area contributed by atoms with Gasteiger partial charge in [0, 0.05) is 25.7 Å². The van der Waals surface area contributed by atoms with Gasteiger partial charge in [0.05, 0.1) is 13.2 Å². The van der Waals surface area contributed by atoms with E-state index < -0.39 is 17.7 Å². The van der Waals surface area contributed by atoms with Crippen molar-refractivity contribution >= 4 is 5.96 Å². The molecule has 28 heavy (non-hydrogen) atoms. The second kappa shape index (κ2) is 10.6. The normalized spacial score (nSPS) is 12.8. The van der Waals surface area contributed by atoms with Crippen molar-refractivity contribution in [2.75, 3.05) is 41.3 Å². The lowest BCUT2D eigenvalue weighted by Crippen LogP contribution is -2.42. The Kier molecular flexibility index (Phi) is 8.19. The highest BCUT2D eigenvalue weighted by Crippen LogP contribution is 2.23. The molecule has 0 radical (unpaired) electrons. The van der Waals surface area contributed by atoms with Gasteiger partial charge in [0.2, 0.25) is 0 Å². The number of halogens is 2. The summed E-state index contributed by atoms with van der Waals surface area (Å²) < 4.78 is 33.5. The molecule has 0 spiro atoms. The van der Waals surface area contributed by atoms with Gasteiger partial charge >= 0.3 is 0 Å². The monoisotopic (exact) mass is 390 g/mol. The van der Waals surface area contributed by atoms with E-state index in [1.54, 1.807) is 33.2 Å². The van der Waals surface area contributed by atoms with Gasteiger partial charge in [0.1, 0.15) is 17.4 Å². The molecule has 0 bridgehead atoms. The van der Waals surface area contributed by atoms with Crippen molar-refractivity contribution in [3.8, 4) is 5.75 Å². The van der Waals surface area contributed by atoms with Crippen molar-refractivity contribution in [2.45, 2.75) is 12.5 Å². The van der Waals surface area contributed by atoms with Gasteiger partial charge in [-0.05, 0) is 50.3 Å². The summed E-state index contributed by atoms with van der Waals surface area (Å²) in [4.78, 5) is 5.96. The second-order valence-corrected chi connectivity index (χ2v) is 6.59. The van der Waals surface area contributed by atoms with Crippen LogP contribution in [0, 0.1) is 11.6 Å². The lowest BCUT2D eigenvalue weighted by atomic mass is 10.0. The maximum absolute atomic E-state index is 14.2. The van der Waals surface area contributed by atoms with Crippen LogP contribution in [0.3, 0.4) is 0 Å². The number of benzene rings is 2. The molecular formula is C21H28F2N4O. The minimum Gasteiger partial charge on any atom is -0.497 e. The van der Waals surface area contributed by atoms with Gasteiger partial charge in [-0.2, -0.15) is 0 Å². The predicted octanol–water partition coefficient (Wildman–Crippen LogP) is 2.98. The van der Waals surface area contributed by atoms with Crippen molar-refractivity contribution in [3.05, 3.63) is 65.2 Å². The first-order valence-corrected chi connectivity index (χ1v) is 9.14. The number of methoxy groups -OCH3 is 1. The van der Waals surface area contributed by atoms with E-state index in [9.17, 15) is 8.78 Å². The van der Waals surface area contributed by atoms with E-state index in [1.165, 1.54) is 23.8 Å². The van der Waals surface area contributed by atoms with Gasteiger partial charge in [-0.3, -0.25) is 4.99 Å². The van der Waals surface area contributed by atoms with E-state index >= 15 is 0 Å². The van der Waals surface area contributed by atoms with Crippen LogP contribution in [0.15, 0.2) is 47.5 Å². The van der Waals surface area contributed by atoms with Gasteiger partial charge in [-0.15, -0.1) is 0 Å². The summed E-state index contributed by atoms with van der Waals surface area (Å²) in [7, 11) is 6.88. The molecule has 2 N–H and O–H groups in total. The molecular weight excluding hydrogens is 362 g/mol. The molecule has 2 aromatic rings. The SMILES string of the molecule is CN=C(NCCc1ccc(OC)cc1)NCC(c1c(F)cccc1F)N(C)C. The Morgan fingerprint density at radius 1 is 1.07 bits per heavy atom. The molecule has 152 valence electrons. The summed E-state index contributed by atoms with van der Waals surface area (Å²) in [6.07, 6.45) is 0.809. The third kappa shape index (κ3) is 5.92. The highest BCUT2D eigenvalue weighted by Gasteiger charge is 2.22. The lowest BCUT2D eigenvalue weighted by molar-refractivity contribution is 0.282. The standard InChI is InChI=1S/C21H28F2N4O/c1-24-21(25-13-12-15-8-10-16(28-4)11-9-15)26-14-19(27(2)3)20-17(22)6-5-7-18(20)23/h5-11,19H,12-14H2,1-4H3,(H2,24,25,26). The van der Waals surface area contributed by atoms with Crippen LogP contribution in [0.4, 0.5) is 8.78 Å².